The zero-order valence-corrected chi connectivity index (χ0v) is 14.8. The van der Waals surface area contributed by atoms with Crippen molar-refractivity contribution in [1.82, 2.24) is 0 Å². The lowest BCUT2D eigenvalue weighted by atomic mass is 9.80. The minimum absolute atomic E-state index is 0.0415. The van der Waals surface area contributed by atoms with E-state index in [0.29, 0.717) is 22.9 Å². The molecule has 0 radical (unpaired) electrons. The van der Waals surface area contributed by atoms with Gasteiger partial charge < -0.3 is 19.5 Å². The van der Waals surface area contributed by atoms with Crippen molar-refractivity contribution < 1.29 is 28.6 Å². The zero-order valence-electron chi connectivity index (χ0n) is 14.1. The fraction of sp³-hybridized carbons (Fsp3) is 0.500. The summed E-state index contributed by atoms with van der Waals surface area (Å²) in [6.07, 6.45) is 1.48. The van der Waals surface area contributed by atoms with Crippen LogP contribution in [0.1, 0.15) is 12.8 Å². The predicted octanol–water partition coefficient (Wildman–Crippen LogP) is 2.03. The number of carbonyl (C=O) groups is 3. The highest BCUT2D eigenvalue weighted by Gasteiger charge is 2.64. The van der Waals surface area contributed by atoms with Gasteiger partial charge in [0.05, 0.1) is 24.6 Å². The van der Waals surface area contributed by atoms with Crippen molar-refractivity contribution in [3.63, 3.8) is 0 Å². The highest BCUT2D eigenvalue weighted by atomic mass is 35.5. The molecule has 0 aromatic heterocycles. The second-order valence-electron chi connectivity index (χ2n) is 6.92. The van der Waals surface area contributed by atoms with Crippen LogP contribution in [0, 0.1) is 23.7 Å². The quantitative estimate of drug-likeness (QED) is 0.787. The van der Waals surface area contributed by atoms with E-state index in [2.05, 4.69) is 5.32 Å². The average Bonchev–Trinajstić information content (AvgIpc) is 3.22. The number of hydrogen-bond acceptors (Lipinski definition) is 6. The van der Waals surface area contributed by atoms with Gasteiger partial charge in [-0.05, 0) is 37.0 Å². The van der Waals surface area contributed by atoms with Gasteiger partial charge >= 0.3 is 11.9 Å². The lowest BCUT2D eigenvalue weighted by molar-refractivity contribution is -0.157. The highest BCUT2D eigenvalue weighted by Crippen LogP contribution is 2.57. The lowest BCUT2D eigenvalue weighted by Crippen LogP contribution is -2.35. The van der Waals surface area contributed by atoms with Crippen LogP contribution in [-0.2, 0) is 23.9 Å². The van der Waals surface area contributed by atoms with Gasteiger partial charge in [0, 0.05) is 10.9 Å². The lowest BCUT2D eigenvalue weighted by Gasteiger charge is -2.22. The maximum absolute atomic E-state index is 12.4. The Kier molecular flexibility index (Phi) is 4.26. The van der Waals surface area contributed by atoms with E-state index in [-0.39, 0.29) is 23.9 Å². The molecular formula is C18H18ClNO6. The number of nitrogens with one attached hydrogen (secondary N) is 1. The molecular weight excluding hydrogens is 362 g/mol. The summed E-state index contributed by atoms with van der Waals surface area (Å²) in [4.78, 5) is 36.5. The van der Waals surface area contributed by atoms with Gasteiger partial charge in [0.2, 0.25) is 0 Å². The molecule has 0 unspecified atom stereocenters. The van der Waals surface area contributed by atoms with Crippen LogP contribution < -0.4 is 10.1 Å². The van der Waals surface area contributed by atoms with Gasteiger partial charge in [-0.15, -0.1) is 0 Å². The van der Waals surface area contributed by atoms with Gasteiger partial charge in [-0.1, -0.05) is 11.6 Å². The number of anilines is 1. The first-order valence-corrected chi connectivity index (χ1v) is 8.86. The maximum atomic E-state index is 12.4. The molecule has 8 heteroatoms. The zero-order chi connectivity index (χ0) is 18.4. The first-order valence-electron chi connectivity index (χ1n) is 8.48. The number of rotatable bonds is 5. The van der Waals surface area contributed by atoms with E-state index in [1.54, 1.807) is 18.2 Å². The van der Waals surface area contributed by atoms with E-state index in [4.69, 9.17) is 25.8 Å². The summed E-state index contributed by atoms with van der Waals surface area (Å²) >= 11 is 5.92. The Morgan fingerprint density at radius 2 is 2.15 bits per heavy atom. The van der Waals surface area contributed by atoms with Crippen molar-refractivity contribution in [3.05, 3.63) is 23.2 Å². The van der Waals surface area contributed by atoms with E-state index in [9.17, 15) is 14.4 Å². The monoisotopic (exact) mass is 379 g/mol. The number of hydrogen-bond donors (Lipinski definition) is 1. The van der Waals surface area contributed by atoms with Gasteiger partial charge in [-0.25, -0.2) is 0 Å². The van der Waals surface area contributed by atoms with Crippen molar-refractivity contribution in [2.24, 2.45) is 23.7 Å². The number of halogens is 1. The van der Waals surface area contributed by atoms with Crippen molar-refractivity contribution >= 4 is 35.1 Å². The Labute approximate surface area is 154 Å². The summed E-state index contributed by atoms with van der Waals surface area (Å²) in [6.45, 7) is -0.437. The first kappa shape index (κ1) is 17.1. The molecule has 1 saturated heterocycles. The summed E-state index contributed by atoms with van der Waals surface area (Å²) in [5.41, 5.74) is 0.392. The molecule has 26 heavy (non-hydrogen) atoms. The molecule has 5 atom stereocenters. The van der Waals surface area contributed by atoms with E-state index in [1.807, 2.05) is 0 Å². The Hall–Kier alpha value is -2.28. The molecule has 1 amide bonds. The smallest absolute Gasteiger partial charge is 0.310 e. The molecule has 1 aliphatic heterocycles. The third-order valence-corrected chi connectivity index (χ3v) is 5.77. The van der Waals surface area contributed by atoms with Crippen LogP contribution in [0.2, 0.25) is 5.02 Å². The molecule has 1 N–H and O–H groups in total. The predicted molar refractivity (Wildman–Crippen MR) is 90.7 cm³/mol. The summed E-state index contributed by atoms with van der Waals surface area (Å²) in [5, 5.41) is 3.05. The Morgan fingerprint density at radius 3 is 2.92 bits per heavy atom. The molecule has 7 nitrogen and oxygen atoms in total. The van der Waals surface area contributed by atoms with Crippen LogP contribution in [0.4, 0.5) is 5.69 Å². The van der Waals surface area contributed by atoms with E-state index in [0.717, 1.165) is 6.42 Å². The second kappa shape index (κ2) is 6.46. The molecule has 2 aliphatic carbocycles. The van der Waals surface area contributed by atoms with Gasteiger partial charge in [0.1, 0.15) is 11.9 Å². The molecule has 0 spiro atoms. The summed E-state index contributed by atoms with van der Waals surface area (Å²) in [5.74, 6) is -1.57. The molecule has 2 saturated carbocycles. The minimum atomic E-state index is -0.506. The first-order chi connectivity index (χ1) is 12.5. The summed E-state index contributed by atoms with van der Waals surface area (Å²) < 4.78 is 15.6. The van der Waals surface area contributed by atoms with Crippen LogP contribution in [-0.4, -0.2) is 37.7 Å². The number of esters is 2. The number of carbonyl (C=O) groups excluding carboxylic acids is 3. The number of fused-ring (bicyclic) bond motifs is 1. The second-order valence-corrected chi connectivity index (χ2v) is 7.36. The summed E-state index contributed by atoms with van der Waals surface area (Å²) in [7, 11) is 1.47. The average molecular weight is 380 g/mol. The van der Waals surface area contributed by atoms with Crippen LogP contribution in [0.5, 0.6) is 5.75 Å². The maximum Gasteiger partial charge on any atom is 0.310 e. The topological polar surface area (TPSA) is 90.9 Å². The molecule has 2 bridgehead atoms. The van der Waals surface area contributed by atoms with Crippen molar-refractivity contribution in [2.45, 2.75) is 18.9 Å². The van der Waals surface area contributed by atoms with Crippen molar-refractivity contribution in [2.75, 3.05) is 19.0 Å². The van der Waals surface area contributed by atoms with E-state index < -0.39 is 30.3 Å². The minimum Gasteiger partial charge on any atom is -0.495 e. The van der Waals surface area contributed by atoms with Gasteiger partial charge in [-0.3, -0.25) is 14.4 Å². The van der Waals surface area contributed by atoms with Gasteiger partial charge in [0.15, 0.2) is 6.61 Å². The van der Waals surface area contributed by atoms with E-state index in [1.165, 1.54) is 7.11 Å². The number of methoxy groups -OCH3 is 1. The van der Waals surface area contributed by atoms with Crippen LogP contribution in [0.15, 0.2) is 18.2 Å². The summed E-state index contributed by atoms with van der Waals surface area (Å²) in [6, 6.07) is 4.81. The third-order valence-electron chi connectivity index (χ3n) is 5.54. The largest absolute Gasteiger partial charge is 0.495 e. The molecule has 1 aromatic rings. The normalized spacial score (nSPS) is 30.8. The van der Waals surface area contributed by atoms with Crippen molar-refractivity contribution in [1.29, 1.82) is 0 Å². The van der Waals surface area contributed by atoms with E-state index >= 15 is 0 Å². The van der Waals surface area contributed by atoms with Crippen molar-refractivity contribution in [3.8, 4) is 5.75 Å². The van der Waals surface area contributed by atoms with Crippen LogP contribution >= 0.6 is 11.6 Å². The van der Waals surface area contributed by atoms with Gasteiger partial charge in [-0.2, -0.15) is 0 Å². The molecule has 1 heterocycles. The number of benzene rings is 1. The SMILES string of the molecule is COc1ccc(Cl)cc1NC(=O)COC(=O)[C@H]1[C@@H]2C[C@H]3[C@@H]1C(=O)O[C@@H]3C2. The van der Waals surface area contributed by atoms with Gasteiger partial charge in [0.25, 0.3) is 5.91 Å². The standard InChI is InChI=1S/C18H18ClNO6/c1-24-12-3-2-9(19)6-11(12)20-14(21)7-25-17(22)15-8-4-10-13(5-8)26-18(23)16(10)15/h2-3,6,8,10,13,15-16H,4-5,7H2,1H3,(H,20,21)/t8-,10-,13-,15+,16+/m1/s1. The molecule has 4 rings (SSSR count). The van der Waals surface area contributed by atoms with Crippen LogP contribution in [0.25, 0.3) is 0 Å². The third kappa shape index (κ3) is 2.80. The Bertz CT molecular complexity index is 779. The highest BCUT2D eigenvalue weighted by molar-refractivity contribution is 6.31. The Balaban J connectivity index is 1.36. The molecule has 138 valence electrons. The molecule has 3 fully saturated rings. The molecule has 1 aromatic carbocycles. The number of amides is 1. The Morgan fingerprint density at radius 1 is 1.35 bits per heavy atom. The fourth-order valence-corrected chi connectivity index (χ4v) is 4.69. The number of ether oxygens (including phenoxy) is 3. The fourth-order valence-electron chi connectivity index (χ4n) is 4.52. The molecule has 3 aliphatic rings. The van der Waals surface area contributed by atoms with Crippen LogP contribution in [0.3, 0.4) is 0 Å².